The number of ether oxygens (including phenoxy) is 1. The van der Waals surface area contributed by atoms with Crippen molar-refractivity contribution in [1.82, 2.24) is 0 Å². The molecule has 0 fully saturated rings. The van der Waals surface area contributed by atoms with Crippen molar-refractivity contribution in [2.24, 2.45) is 0 Å². The van der Waals surface area contributed by atoms with Gasteiger partial charge in [-0.15, -0.1) is 0 Å². The van der Waals surface area contributed by atoms with Gasteiger partial charge in [-0.25, -0.2) is 4.31 Å². The standard InChI is InChI=1S/C24H26BrNO4S/c1-4-17-8-13-22(16-18(17)5-2)26(31(27,28)29)24(19-6-11-21(25)12-7-19)20-9-14-23(30-3)15-10-20/h6-16,24H,4-5H2,1-3H3,(H,27,28,29). The van der Waals surface area contributed by atoms with Gasteiger partial charge in [0, 0.05) is 4.47 Å². The Morgan fingerprint density at radius 1 is 0.903 bits per heavy atom. The predicted octanol–water partition coefficient (Wildman–Crippen LogP) is 5.98. The Morgan fingerprint density at radius 3 is 1.94 bits per heavy atom. The van der Waals surface area contributed by atoms with Gasteiger partial charge in [0.2, 0.25) is 0 Å². The molecule has 1 atom stereocenters. The van der Waals surface area contributed by atoms with E-state index >= 15 is 0 Å². The highest BCUT2D eigenvalue weighted by Gasteiger charge is 2.32. The number of hydrogen-bond donors (Lipinski definition) is 1. The van der Waals surface area contributed by atoms with Gasteiger partial charge < -0.3 is 4.74 Å². The van der Waals surface area contributed by atoms with Crippen LogP contribution in [-0.4, -0.2) is 20.1 Å². The number of hydrogen-bond acceptors (Lipinski definition) is 3. The van der Waals surface area contributed by atoms with E-state index in [4.69, 9.17) is 4.74 Å². The lowest BCUT2D eigenvalue weighted by Crippen LogP contribution is -2.35. The van der Waals surface area contributed by atoms with Gasteiger partial charge in [0.05, 0.1) is 18.8 Å². The SMILES string of the molecule is CCc1ccc(N(C(c2ccc(Br)cc2)c2ccc(OC)cc2)S(=O)(=O)O)cc1CC. The van der Waals surface area contributed by atoms with Crippen LogP contribution in [0.5, 0.6) is 5.75 Å². The molecule has 0 aliphatic rings. The molecule has 7 heteroatoms. The lowest BCUT2D eigenvalue weighted by molar-refractivity contribution is 0.414. The molecule has 0 radical (unpaired) electrons. The second-order valence-corrected chi connectivity index (χ2v) is 9.37. The third-order valence-electron chi connectivity index (χ3n) is 5.31. The second-order valence-electron chi connectivity index (χ2n) is 7.16. The first-order valence-electron chi connectivity index (χ1n) is 10.1. The normalized spacial score (nSPS) is 12.4. The molecule has 0 saturated carbocycles. The van der Waals surface area contributed by atoms with Gasteiger partial charge in [-0.2, -0.15) is 8.42 Å². The largest absolute Gasteiger partial charge is 0.497 e. The molecule has 3 aromatic rings. The second kappa shape index (κ2) is 9.85. The van der Waals surface area contributed by atoms with Gasteiger partial charge >= 0.3 is 10.3 Å². The summed E-state index contributed by atoms with van der Waals surface area (Å²) in [6.45, 7) is 4.10. The maximum absolute atomic E-state index is 12.7. The fourth-order valence-corrected chi connectivity index (χ4v) is 4.89. The average Bonchev–Trinajstić information content (AvgIpc) is 2.77. The van der Waals surface area contributed by atoms with Crippen LogP contribution in [0.2, 0.25) is 0 Å². The number of nitrogens with zero attached hydrogens (tertiary/aromatic N) is 1. The number of benzene rings is 3. The average molecular weight is 504 g/mol. The van der Waals surface area contributed by atoms with Crippen molar-refractivity contribution in [1.29, 1.82) is 0 Å². The van der Waals surface area contributed by atoms with Crippen molar-refractivity contribution in [3.8, 4) is 5.75 Å². The summed E-state index contributed by atoms with van der Waals surface area (Å²) in [5, 5.41) is 0. The third-order valence-corrected chi connectivity index (χ3v) is 6.75. The van der Waals surface area contributed by atoms with Crippen LogP contribution < -0.4 is 9.04 Å². The highest BCUT2D eigenvalue weighted by atomic mass is 79.9. The summed E-state index contributed by atoms with van der Waals surface area (Å²) >= 11 is 3.43. The highest BCUT2D eigenvalue weighted by molar-refractivity contribution is 9.10. The minimum atomic E-state index is -4.59. The molecule has 1 N–H and O–H groups in total. The van der Waals surface area contributed by atoms with E-state index in [1.807, 2.05) is 55.5 Å². The monoisotopic (exact) mass is 503 g/mol. The van der Waals surface area contributed by atoms with E-state index in [1.54, 1.807) is 25.3 Å². The molecule has 0 heterocycles. The molecule has 0 spiro atoms. The number of anilines is 1. The van der Waals surface area contributed by atoms with Crippen molar-refractivity contribution in [3.05, 3.63) is 93.5 Å². The van der Waals surface area contributed by atoms with E-state index < -0.39 is 16.3 Å². The Balaban J connectivity index is 2.24. The van der Waals surface area contributed by atoms with E-state index in [0.717, 1.165) is 38.3 Å². The van der Waals surface area contributed by atoms with E-state index in [9.17, 15) is 13.0 Å². The maximum atomic E-state index is 12.7. The summed E-state index contributed by atoms with van der Waals surface area (Å²) in [6.07, 6.45) is 1.62. The Morgan fingerprint density at radius 2 is 1.45 bits per heavy atom. The minimum absolute atomic E-state index is 0.417. The Bertz CT molecular complexity index is 1130. The summed E-state index contributed by atoms with van der Waals surface area (Å²) in [7, 11) is -3.02. The quantitative estimate of drug-likeness (QED) is 0.383. The van der Waals surface area contributed by atoms with E-state index in [2.05, 4.69) is 22.9 Å². The number of halogens is 1. The predicted molar refractivity (Wildman–Crippen MR) is 128 cm³/mol. The molecule has 0 saturated heterocycles. The molecule has 164 valence electrons. The highest BCUT2D eigenvalue weighted by Crippen LogP contribution is 2.37. The van der Waals surface area contributed by atoms with E-state index in [0.29, 0.717) is 17.0 Å². The van der Waals surface area contributed by atoms with Crippen molar-refractivity contribution in [2.75, 3.05) is 11.4 Å². The third kappa shape index (κ3) is 5.29. The fraction of sp³-hybridized carbons (Fsp3) is 0.250. The first-order chi connectivity index (χ1) is 14.8. The van der Waals surface area contributed by atoms with Gasteiger partial charge in [0.1, 0.15) is 5.75 Å². The van der Waals surface area contributed by atoms with Gasteiger partial charge in [-0.1, -0.05) is 60.1 Å². The van der Waals surface area contributed by atoms with Crippen LogP contribution in [0.1, 0.15) is 42.1 Å². The zero-order valence-corrected chi connectivity index (χ0v) is 20.2. The summed E-state index contributed by atoms with van der Waals surface area (Å²) in [6, 6.07) is 19.3. The van der Waals surface area contributed by atoms with Crippen LogP contribution in [0.4, 0.5) is 5.69 Å². The summed E-state index contributed by atoms with van der Waals surface area (Å²) < 4.78 is 43.0. The molecule has 0 amide bonds. The van der Waals surface area contributed by atoms with Gasteiger partial charge in [-0.05, 0) is 71.5 Å². The van der Waals surface area contributed by atoms with Crippen molar-refractivity contribution in [3.63, 3.8) is 0 Å². The fourth-order valence-electron chi connectivity index (χ4n) is 3.73. The van der Waals surface area contributed by atoms with Gasteiger partial charge in [0.25, 0.3) is 0 Å². The Hall–Kier alpha value is -2.35. The molecule has 31 heavy (non-hydrogen) atoms. The van der Waals surface area contributed by atoms with Crippen LogP contribution in [0.25, 0.3) is 0 Å². The lowest BCUT2D eigenvalue weighted by Gasteiger charge is -2.32. The number of methoxy groups -OCH3 is 1. The summed E-state index contributed by atoms with van der Waals surface area (Å²) in [5.74, 6) is 0.664. The van der Waals surface area contributed by atoms with E-state index in [1.165, 1.54) is 0 Å². The first-order valence-corrected chi connectivity index (χ1v) is 12.3. The molecule has 0 aromatic heterocycles. The summed E-state index contributed by atoms with van der Waals surface area (Å²) in [5.41, 5.74) is 4.06. The minimum Gasteiger partial charge on any atom is -0.497 e. The van der Waals surface area contributed by atoms with Crippen molar-refractivity contribution < 1.29 is 17.7 Å². The van der Waals surface area contributed by atoms with Gasteiger partial charge in [-0.3, -0.25) is 4.55 Å². The summed E-state index contributed by atoms with van der Waals surface area (Å²) in [4.78, 5) is 0. The zero-order chi connectivity index (χ0) is 22.6. The lowest BCUT2D eigenvalue weighted by atomic mass is 9.97. The zero-order valence-electron chi connectivity index (χ0n) is 17.7. The molecule has 0 aliphatic carbocycles. The van der Waals surface area contributed by atoms with Crippen molar-refractivity contribution in [2.45, 2.75) is 32.7 Å². The molecular formula is C24H26BrNO4S. The topological polar surface area (TPSA) is 66.8 Å². The molecule has 3 aromatic carbocycles. The molecule has 5 nitrogen and oxygen atoms in total. The molecule has 0 aliphatic heterocycles. The van der Waals surface area contributed by atoms with Crippen molar-refractivity contribution >= 4 is 31.9 Å². The smallest absolute Gasteiger partial charge is 0.360 e. The molecular weight excluding hydrogens is 478 g/mol. The number of rotatable bonds is 8. The van der Waals surface area contributed by atoms with E-state index in [-0.39, 0.29) is 0 Å². The van der Waals surface area contributed by atoms with Crippen LogP contribution >= 0.6 is 15.9 Å². The van der Waals surface area contributed by atoms with Crippen LogP contribution in [0.3, 0.4) is 0 Å². The van der Waals surface area contributed by atoms with Gasteiger partial charge in [0.15, 0.2) is 0 Å². The Kier molecular flexibility index (Phi) is 7.41. The molecule has 3 rings (SSSR count). The molecule has 1 unspecified atom stereocenters. The van der Waals surface area contributed by atoms with Crippen LogP contribution in [0.15, 0.2) is 71.2 Å². The van der Waals surface area contributed by atoms with Crippen LogP contribution in [0, 0.1) is 0 Å². The van der Waals surface area contributed by atoms with Crippen LogP contribution in [-0.2, 0) is 23.1 Å². The Labute approximate surface area is 192 Å². The first kappa shape index (κ1) is 23.3. The maximum Gasteiger partial charge on any atom is 0.360 e. The molecule has 0 bridgehead atoms. The number of aryl methyl sites for hydroxylation is 2.